The summed E-state index contributed by atoms with van der Waals surface area (Å²) in [5.41, 5.74) is 0.159. The van der Waals surface area contributed by atoms with E-state index in [0.29, 0.717) is 36.5 Å². The van der Waals surface area contributed by atoms with E-state index in [1.54, 1.807) is 17.0 Å². The number of aromatic amines is 2. The molecule has 1 aromatic carbocycles. The molecule has 0 saturated carbocycles. The number of H-pyrrole nitrogens is 2. The molecule has 1 fully saturated rings. The molecule has 0 bridgehead atoms. The van der Waals surface area contributed by atoms with Gasteiger partial charge in [0.15, 0.2) is 0 Å². The lowest BCUT2D eigenvalue weighted by atomic mass is 10.1. The number of hydrogen-bond acceptors (Lipinski definition) is 4. The number of hydrogen-bond donors (Lipinski definition) is 2. The first-order valence-electron chi connectivity index (χ1n) is 8.96. The van der Waals surface area contributed by atoms with Crippen molar-refractivity contribution in [3.05, 3.63) is 85.5 Å². The molecule has 7 nitrogen and oxygen atoms in total. The average molecular weight is 415 g/mol. The Morgan fingerprint density at radius 1 is 1.24 bits per heavy atom. The predicted molar refractivity (Wildman–Crippen MR) is 106 cm³/mol. The van der Waals surface area contributed by atoms with Crippen LogP contribution < -0.4 is 11.1 Å². The number of likely N-dealkylation sites (tertiary alicyclic amines) is 1. The Bertz CT molecular complexity index is 1210. The molecule has 1 unspecified atom stereocenters. The summed E-state index contributed by atoms with van der Waals surface area (Å²) in [6.07, 6.45) is 2.10. The normalized spacial score (nSPS) is 16.2. The van der Waals surface area contributed by atoms with Crippen LogP contribution in [0.3, 0.4) is 0 Å². The van der Waals surface area contributed by atoms with E-state index in [2.05, 4.69) is 15.0 Å². The first-order chi connectivity index (χ1) is 13.9. The minimum atomic E-state index is -0.586. The maximum atomic E-state index is 13.3. The lowest BCUT2D eigenvalue weighted by Crippen LogP contribution is -2.29. The van der Waals surface area contributed by atoms with Gasteiger partial charge in [-0.3, -0.25) is 14.4 Å². The van der Waals surface area contributed by atoms with E-state index in [1.807, 2.05) is 0 Å². The van der Waals surface area contributed by atoms with Crippen molar-refractivity contribution in [2.75, 3.05) is 13.1 Å². The molecule has 29 heavy (non-hydrogen) atoms. The molecule has 2 N–H and O–H groups in total. The predicted octanol–water partition coefficient (Wildman–Crippen LogP) is 2.55. The second-order valence-electron chi connectivity index (χ2n) is 6.79. The number of carbonyl (C=O) groups excluding carboxylic acids is 1. The van der Waals surface area contributed by atoms with Crippen molar-refractivity contribution < 1.29 is 9.18 Å². The SMILES string of the molecule is O=C(c1ccc(F)c(Cl)c1)N1CCC(c2nc(-c3ccc[nH]c3=O)cc(=O)[nH]2)C1. The highest BCUT2D eigenvalue weighted by Gasteiger charge is 2.30. The number of halogens is 2. The molecule has 148 valence electrons. The summed E-state index contributed by atoms with van der Waals surface area (Å²) < 4.78 is 13.3. The van der Waals surface area contributed by atoms with Gasteiger partial charge in [-0.05, 0) is 36.8 Å². The lowest BCUT2D eigenvalue weighted by molar-refractivity contribution is 0.0790. The summed E-state index contributed by atoms with van der Waals surface area (Å²) in [5, 5.41) is -0.113. The third-order valence-electron chi connectivity index (χ3n) is 4.88. The van der Waals surface area contributed by atoms with E-state index in [9.17, 15) is 18.8 Å². The van der Waals surface area contributed by atoms with Crippen molar-refractivity contribution in [2.45, 2.75) is 12.3 Å². The largest absolute Gasteiger partial charge is 0.338 e. The van der Waals surface area contributed by atoms with E-state index in [1.165, 1.54) is 24.4 Å². The van der Waals surface area contributed by atoms with Gasteiger partial charge in [0.1, 0.15) is 11.6 Å². The number of pyridine rings is 1. The van der Waals surface area contributed by atoms with E-state index >= 15 is 0 Å². The third kappa shape index (κ3) is 3.84. The maximum Gasteiger partial charge on any atom is 0.257 e. The highest BCUT2D eigenvalue weighted by Crippen LogP contribution is 2.27. The maximum absolute atomic E-state index is 13.3. The molecular formula is C20H16ClFN4O3. The average Bonchev–Trinajstić information content (AvgIpc) is 3.20. The monoisotopic (exact) mass is 414 g/mol. The lowest BCUT2D eigenvalue weighted by Gasteiger charge is -2.17. The smallest absolute Gasteiger partial charge is 0.257 e. The molecule has 1 aliphatic rings. The Kier molecular flexibility index (Phi) is 5.02. The topological polar surface area (TPSA) is 98.9 Å². The van der Waals surface area contributed by atoms with Gasteiger partial charge in [-0.15, -0.1) is 0 Å². The number of nitrogens with zero attached hydrogens (tertiary/aromatic N) is 2. The summed E-state index contributed by atoms with van der Waals surface area (Å²) in [6, 6.07) is 8.36. The van der Waals surface area contributed by atoms with Crippen LogP contribution in [0.4, 0.5) is 4.39 Å². The molecule has 1 amide bonds. The molecule has 1 aliphatic heterocycles. The minimum Gasteiger partial charge on any atom is -0.338 e. The van der Waals surface area contributed by atoms with Gasteiger partial charge in [-0.1, -0.05) is 11.6 Å². The Labute approximate surface area is 169 Å². The Morgan fingerprint density at radius 3 is 2.83 bits per heavy atom. The Hall–Kier alpha value is -3.26. The molecule has 2 aromatic heterocycles. The molecule has 0 spiro atoms. The van der Waals surface area contributed by atoms with Gasteiger partial charge < -0.3 is 14.9 Å². The van der Waals surface area contributed by atoms with E-state index in [0.717, 1.165) is 6.07 Å². The quantitative estimate of drug-likeness (QED) is 0.688. The van der Waals surface area contributed by atoms with Gasteiger partial charge in [0.2, 0.25) is 0 Å². The zero-order chi connectivity index (χ0) is 20.5. The molecule has 0 aliphatic carbocycles. The molecule has 3 aromatic rings. The van der Waals surface area contributed by atoms with Crippen LogP contribution in [0.25, 0.3) is 11.3 Å². The molecule has 1 saturated heterocycles. The van der Waals surface area contributed by atoms with Crippen LogP contribution in [0, 0.1) is 5.82 Å². The Balaban J connectivity index is 1.58. The highest BCUT2D eigenvalue weighted by molar-refractivity contribution is 6.31. The zero-order valence-corrected chi connectivity index (χ0v) is 15.9. The van der Waals surface area contributed by atoms with Crippen LogP contribution in [0.1, 0.15) is 28.5 Å². The van der Waals surface area contributed by atoms with Gasteiger partial charge in [-0.25, -0.2) is 9.37 Å². The second kappa shape index (κ2) is 7.63. The van der Waals surface area contributed by atoms with Crippen LogP contribution in [0.15, 0.2) is 52.2 Å². The molecular weight excluding hydrogens is 399 g/mol. The standard InChI is InChI=1S/C20H16ClFN4O3/c21-14-8-11(3-4-15(14)22)20(29)26-7-5-12(10-26)18-24-16(9-17(27)25-18)13-2-1-6-23-19(13)28/h1-4,6,8-9,12H,5,7,10H2,(H,23,28)(H,24,25,27). The van der Waals surface area contributed by atoms with Gasteiger partial charge >= 0.3 is 0 Å². The summed E-state index contributed by atoms with van der Waals surface area (Å²) in [6.45, 7) is 0.795. The minimum absolute atomic E-state index is 0.113. The van der Waals surface area contributed by atoms with Crippen LogP contribution in [-0.4, -0.2) is 38.8 Å². The molecule has 1 atom stereocenters. The molecule has 0 radical (unpaired) electrons. The number of nitrogens with one attached hydrogen (secondary N) is 2. The number of rotatable bonds is 3. The summed E-state index contributed by atoms with van der Waals surface area (Å²) in [4.78, 5) is 48.2. The molecule has 4 rings (SSSR count). The van der Waals surface area contributed by atoms with Gasteiger partial charge in [-0.2, -0.15) is 0 Å². The first kappa shape index (κ1) is 19.1. The van der Waals surface area contributed by atoms with Gasteiger partial charge in [0.05, 0.1) is 16.3 Å². The summed E-state index contributed by atoms with van der Waals surface area (Å²) in [5.74, 6) is -0.627. The fraction of sp³-hybridized carbons (Fsp3) is 0.200. The fourth-order valence-corrected chi connectivity index (χ4v) is 3.59. The third-order valence-corrected chi connectivity index (χ3v) is 5.17. The van der Waals surface area contributed by atoms with Crippen LogP contribution in [-0.2, 0) is 0 Å². The van der Waals surface area contributed by atoms with Crippen molar-refractivity contribution in [1.29, 1.82) is 0 Å². The van der Waals surface area contributed by atoms with Gasteiger partial charge in [0, 0.05) is 36.8 Å². The van der Waals surface area contributed by atoms with Crippen LogP contribution in [0.5, 0.6) is 0 Å². The zero-order valence-electron chi connectivity index (χ0n) is 15.1. The number of amides is 1. The molecule has 9 heteroatoms. The van der Waals surface area contributed by atoms with E-state index in [4.69, 9.17) is 11.6 Å². The van der Waals surface area contributed by atoms with E-state index < -0.39 is 5.82 Å². The van der Waals surface area contributed by atoms with Crippen molar-refractivity contribution in [2.24, 2.45) is 0 Å². The van der Waals surface area contributed by atoms with Crippen molar-refractivity contribution in [3.63, 3.8) is 0 Å². The van der Waals surface area contributed by atoms with E-state index in [-0.39, 0.29) is 33.7 Å². The van der Waals surface area contributed by atoms with Crippen molar-refractivity contribution >= 4 is 17.5 Å². The Morgan fingerprint density at radius 2 is 2.07 bits per heavy atom. The second-order valence-corrected chi connectivity index (χ2v) is 7.20. The molecule has 3 heterocycles. The highest BCUT2D eigenvalue weighted by atomic mass is 35.5. The number of carbonyl (C=O) groups is 1. The van der Waals surface area contributed by atoms with Gasteiger partial charge in [0.25, 0.3) is 17.0 Å². The number of benzene rings is 1. The fourth-order valence-electron chi connectivity index (χ4n) is 3.41. The first-order valence-corrected chi connectivity index (χ1v) is 9.34. The van der Waals surface area contributed by atoms with Crippen LogP contribution in [0.2, 0.25) is 5.02 Å². The summed E-state index contributed by atoms with van der Waals surface area (Å²) >= 11 is 5.77. The number of aromatic nitrogens is 3. The van der Waals surface area contributed by atoms with Crippen molar-refractivity contribution in [3.8, 4) is 11.3 Å². The van der Waals surface area contributed by atoms with Crippen molar-refractivity contribution in [1.82, 2.24) is 19.9 Å². The van der Waals surface area contributed by atoms with Crippen LogP contribution >= 0.6 is 11.6 Å². The summed E-state index contributed by atoms with van der Waals surface area (Å²) in [7, 11) is 0.